The van der Waals surface area contributed by atoms with Crippen LogP contribution in [0, 0.1) is 6.92 Å². The van der Waals surface area contributed by atoms with Crippen LogP contribution in [0.4, 0.5) is 11.4 Å². The number of nitrogen functional groups attached to an aromatic ring is 1. The summed E-state index contributed by atoms with van der Waals surface area (Å²) in [7, 11) is 0. The quantitative estimate of drug-likeness (QED) is 0.856. The Morgan fingerprint density at radius 3 is 3.00 bits per heavy atom. The molecule has 1 unspecified atom stereocenters. The molecular formula is C14H21ClN2O. The lowest BCUT2D eigenvalue weighted by Crippen LogP contribution is -2.40. The van der Waals surface area contributed by atoms with Crippen molar-refractivity contribution in [1.29, 1.82) is 0 Å². The molecule has 1 aromatic rings. The fraction of sp³-hybridized carbons (Fsp3) is 0.571. The first-order valence-corrected chi connectivity index (χ1v) is 6.91. The van der Waals surface area contributed by atoms with Crippen LogP contribution in [0.1, 0.15) is 25.3 Å². The van der Waals surface area contributed by atoms with Crippen molar-refractivity contribution in [2.24, 2.45) is 0 Å². The average Bonchev–Trinajstić information content (AvgIpc) is 2.34. The smallest absolute Gasteiger partial charge is 0.0750 e. The zero-order valence-corrected chi connectivity index (χ0v) is 11.8. The van der Waals surface area contributed by atoms with E-state index in [1.165, 1.54) is 11.3 Å². The monoisotopic (exact) mass is 268 g/mol. The first kappa shape index (κ1) is 13.5. The van der Waals surface area contributed by atoms with E-state index in [4.69, 9.17) is 22.1 Å². The molecule has 1 fully saturated rings. The number of hydrogen-bond acceptors (Lipinski definition) is 3. The zero-order chi connectivity index (χ0) is 13.1. The van der Waals surface area contributed by atoms with Gasteiger partial charge in [-0.15, -0.1) is 0 Å². The maximum absolute atomic E-state index is 6.12. The summed E-state index contributed by atoms with van der Waals surface area (Å²) in [5.41, 5.74) is 8.82. The highest BCUT2D eigenvalue weighted by Gasteiger charge is 2.21. The number of halogens is 1. The van der Waals surface area contributed by atoms with E-state index in [9.17, 15) is 0 Å². The Morgan fingerprint density at radius 1 is 1.50 bits per heavy atom. The number of rotatable bonds is 3. The second kappa shape index (κ2) is 5.81. The van der Waals surface area contributed by atoms with E-state index < -0.39 is 0 Å². The largest absolute Gasteiger partial charge is 0.398 e. The molecule has 1 heterocycles. The second-order valence-electron chi connectivity index (χ2n) is 4.83. The Hall–Kier alpha value is -0.930. The summed E-state index contributed by atoms with van der Waals surface area (Å²) in [6.45, 7) is 6.90. The van der Waals surface area contributed by atoms with E-state index in [0.717, 1.165) is 32.5 Å². The van der Waals surface area contributed by atoms with E-state index in [-0.39, 0.29) is 0 Å². The molecule has 100 valence electrons. The number of benzene rings is 1. The Morgan fingerprint density at radius 2 is 2.28 bits per heavy atom. The van der Waals surface area contributed by atoms with Crippen molar-refractivity contribution < 1.29 is 4.74 Å². The minimum atomic E-state index is 0.333. The third-order valence-electron chi connectivity index (χ3n) is 3.44. The predicted molar refractivity (Wildman–Crippen MR) is 77.5 cm³/mol. The van der Waals surface area contributed by atoms with Crippen LogP contribution in [0.5, 0.6) is 0 Å². The SMILES string of the molecule is CCOC1CCCN(c2cc(Cl)c(N)cc2C)C1. The van der Waals surface area contributed by atoms with E-state index in [1.54, 1.807) is 0 Å². The van der Waals surface area contributed by atoms with Gasteiger partial charge >= 0.3 is 0 Å². The van der Waals surface area contributed by atoms with Gasteiger partial charge < -0.3 is 15.4 Å². The molecule has 3 nitrogen and oxygen atoms in total. The predicted octanol–water partition coefficient (Wildman–Crippen LogP) is 3.24. The molecule has 1 aliphatic rings. The van der Waals surface area contributed by atoms with Crippen LogP contribution in [0.15, 0.2) is 12.1 Å². The first-order valence-electron chi connectivity index (χ1n) is 6.54. The maximum atomic E-state index is 6.12. The summed E-state index contributed by atoms with van der Waals surface area (Å²) in [6.07, 6.45) is 2.64. The molecule has 1 aromatic carbocycles. The van der Waals surface area contributed by atoms with Crippen molar-refractivity contribution in [2.75, 3.05) is 30.3 Å². The summed E-state index contributed by atoms with van der Waals surface area (Å²) in [4.78, 5) is 2.35. The standard InChI is InChI=1S/C14H21ClN2O/c1-3-18-11-5-4-6-17(9-11)14-8-12(15)13(16)7-10(14)2/h7-8,11H,3-6,9,16H2,1-2H3. The van der Waals surface area contributed by atoms with Gasteiger partial charge in [0.2, 0.25) is 0 Å². The highest BCUT2D eigenvalue weighted by molar-refractivity contribution is 6.33. The van der Waals surface area contributed by atoms with Gasteiger partial charge in [0.25, 0.3) is 0 Å². The molecule has 4 heteroatoms. The fourth-order valence-electron chi connectivity index (χ4n) is 2.56. The number of piperidine rings is 1. The summed E-state index contributed by atoms with van der Waals surface area (Å²) in [5.74, 6) is 0. The summed E-state index contributed by atoms with van der Waals surface area (Å²) in [5, 5.41) is 0.633. The van der Waals surface area contributed by atoms with Crippen LogP contribution >= 0.6 is 11.6 Å². The van der Waals surface area contributed by atoms with Crippen molar-refractivity contribution in [3.8, 4) is 0 Å². The van der Waals surface area contributed by atoms with Crippen molar-refractivity contribution in [3.63, 3.8) is 0 Å². The van der Waals surface area contributed by atoms with Crippen LogP contribution in [-0.4, -0.2) is 25.8 Å². The number of hydrogen-bond donors (Lipinski definition) is 1. The van der Waals surface area contributed by atoms with Gasteiger partial charge in [0, 0.05) is 25.4 Å². The van der Waals surface area contributed by atoms with Crippen LogP contribution < -0.4 is 10.6 Å². The molecule has 0 saturated carbocycles. The van der Waals surface area contributed by atoms with Gasteiger partial charge in [-0.2, -0.15) is 0 Å². The highest BCUT2D eigenvalue weighted by Crippen LogP contribution is 2.31. The molecule has 0 amide bonds. The minimum Gasteiger partial charge on any atom is -0.398 e. The van der Waals surface area contributed by atoms with Gasteiger partial charge in [-0.1, -0.05) is 11.6 Å². The molecule has 0 radical (unpaired) electrons. The normalized spacial score (nSPS) is 20.2. The number of aryl methyl sites for hydroxylation is 1. The number of nitrogens with zero attached hydrogens (tertiary/aromatic N) is 1. The van der Waals surface area contributed by atoms with Crippen molar-refractivity contribution in [3.05, 3.63) is 22.7 Å². The van der Waals surface area contributed by atoms with Crippen LogP contribution in [0.2, 0.25) is 5.02 Å². The van der Waals surface area contributed by atoms with Gasteiger partial charge in [-0.05, 0) is 44.4 Å². The van der Waals surface area contributed by atoms with E-state index in [2.05, 4.69) is 11.8 Å². The summed E-state index contributed by atoms with van der Waals surface area (Å²) in [6, 6.07) is 3.92. The fourth-order valence-corrected chi connectivity index (χ4v) is 2.72. The van der Waals surface area contributed by atoms with E-state index in [1.807, 2.05) is 19.1 Å². The topological polar surface area (TPSA) is 38.5 Å². The van der Waals surface area contributed by atoms with Gasteiger partial charge in [0.1, 0.15) is 0 Å². The molecule has 2 N–H and O–H groups in total. The van der Waals surface area contributed by atoms with Gasteiger partial charge in [-0.25, -0.2) is 0 Å². The lowest BCUT2D eigenvalue weighted by molar-refractivity contribution is 0.0526. The number of ether oxygens (including phenoxy) is 1. The molecule has 0 bridgehead atoms. The average molecular weight is 269 g/mol. The lowest BCUT2D eigenvalue weighted by Gasteiger charge is -2.35. The van der Waals surface area contributed by atoms with Crippen molar-refractivity contribution in [2.45, 2.75) is 32.8 Å². The highest BCUT2D eigenvalue weighted by atomic mass is 35.5. The summed E-state index contributed by atoms with van der Waals surface area (Å²) < 4.78 is 5.73. The molecule has 18 heavy (non-hydrogen) atoms. The van der Waals surface area contributed by atoms with E-state index in [0.29, 0.717) is 16.8 Å². The third kappa shape index (κ3) is 2.90. The molecule has 1 saturated heterocycles. The number of anilines is 2. The van der Waals surface area contributed by atoms with Crippen LogP contribution in [0.25, 0.3) is 0 Å². The molecule has 2 rings (SSSR count). The van der Waals surface area contributed by atoms with Gasteiger partial charge in [0.05, 0.1) is 16.8 Å². The maximum Gasteiger partial charge on any atom is 0.0750 e. The van der Waals surface area contributed by atoms with Gasteiger partial charge in [0.15, 0.2) is 0 Å². The molecule has 0 aromatic heterocycles. The number of nitrogens with two attached hydrogens (primary N) is 1. The molecule has 0 aliphatic carbocycles. The first-order chi connectivity index (χ1) is 8.61. The molecule has 0 spiro atoms. The van der Waals surface area contributed by atoms with E-state index >= 15 is 0 Å². The Bertz CT molecular complexity index is 421. The zero-order valence-electron chi connectivity index (χ0n) is 11.1. The molecule has 1 atom stereocenters. The lowest BCUT2D eigenvalue weighted by atomic mass is 10.1. The Labute approximate surface area is 114 Å². The van der Waals surface area contributed by atoms with Crippen molar-refractivity contribution >= 4 is 23.0 Å². The Balaban J connectivity index is 2.18. The molecular weight excluding hydrogens is 248 g/mol. The van der Waals surface area contributed by atoms with Crippen molar-refractivity contribution in [1.82, 2.24) is 0 Å². The second-order valence-corrected chi connectivity index (χ2v) is 5.23. The minimum absolute atomic E-state index is 0.333. The van der Waals surface area contributed by atoms with Crippen LogP contribution in [-0.2, 0) is 4.74 Å². The van der Waals surface area contributed by atoms with Crippen LogP contribution in [0.3, 0.4) is 0 Å². The van der Waals surface area contributed by atoms with Gasteiger partial charge in [-0.3, -0.25) is 0 Å². The summed E-state index contributed by atoms with van der Waals surface area (Å²) >= 11 is 6.12. The molecule has 1 aliphatic heterocycles. The Kier molecular flexibility index (Phi) is 4.36. The third-order valence-corrected chi connectivity index (χ3v) is 3.76.